The van der Waals surface area contributed by atoms with Gasteiger partial charge in [0, 0.05) is 11.8 Å². The Balaban J connectivity index is 1.78. The zero-order valence-electron chi connectivity index (χ0n) is 15.0. The molecule has 0 heterocycles. The molecular weight excluding hydrogens is 284 g/mol. The lowest BCUT2D eigenvalue weighted by molar-refractivity contribution is -0.00477. The third-order valence-electron chi connectivity index (χ3n) is 7.91. The van der Waals surface area contributed by atoms with E-state index in [2.05, 4.69) is 39.0 Å². The van der Waals surface area contributed by atoms with Crippen molar-refractivity contribution in [1.82, 2.24) is 0 Å². The van der Waals surface area contributed by atoms with E-state index >= 15 is 0 Å². The van der Waals surface area contributed by atoms with Crippen LogP contribution in [0.3, 0.4) is 0 Å². The summed E-state index contributed by atoms with van der Waals surface area (Å²) in [6.45, 7) is 7.26. The molecule has 23 heavy (non-hydrogen) atoms. The number of aliphatic hydroxyl groups excluding tert-OH is 1. The summed E-state index contributed by atoms with van der Waals surface area (Å²) in [4.78, 5) is 0. The minimum Gasteiger partial charge on any atom is -0.501 e. The van der Waals surface area contributed by atoms with E-state index in [1.54, 1.807) is 18.3 Å². The zero-order valence-corrected chi connectivity index (χ0v) is 15.0. The van der Waals surface area contributed by atoms with Crippen LogP contribution in [0.4, 0.5) is 0 Å². The van der Waals surface area contributed by atoms with Gasteiger partial charge in [-0.2, -0.15) is 0 Å². The van der Waals surface area contributed by atoms with Gasteiger partial charge in [0.2, 0.25) is 0 Å². The Morgan fingerprint density at radius 2 is 1.96 bits per heavy atom. The molecule has 1 fully saturated rings. The molecule has 0 aromatic carbocycles. The van der Waals surface area contributed by atoms with Gasteiger partial charge in [0.05, 0.1) is 19.0 Å². The second-order valence-electron chi connectivity index (χ2n) is 8.94. The van der Waals surface area contributed by atoms with Gasteiger partial charge in [-0.05, 0) is 54.9 Å². The van der Waals surface area contributed by atoms with Gasteiger partial charge < -0.3 is 9.84 Å². The van der Waals surface area contributed by atoms with Crippen LogP contribution in [0.25, 0.3) is 0 Å². The Labute approximate surface area is 140 Å². The van der Waals surface area contributed by atoms with Crippen LogP contribution in [0.15, 0.2) is 35.1 Å². The van der Waals surface area contributed by atoms with Crippen LogP contribution in [-0.4, -0.2) is 18.3 Å². The summed E-state index contributed by atoms with van der Waals surface area (Å²) in [6.07, 6.45) is 13.4. The Hall–Kier alpha value is -1.02. The molecule has 0 radical (unpaired) electrons. The Kier molecular flexibility index (Phi) is 3.20. The molecule has 0 bridgehead atoms. The van der Waals surface area contributed by atoms with Crippen LogP contribution in [0.5, 0.6) is 0 Å². The number of aliphatic hydroxyl groups is 1. The molecule has 4 rings (SSSR count). The van der Waals surface area contributed by atoms with E-state index in [1.165, 1.54) is 12.8 Å². The highest BCUT2D eigenvalue weighted by Gasteiger charge is 2.62. The average Bonchev–Trinajstić information content (AvgIpc) is 2.75. The van der Waals surface area contributed by atoms with Crippen molar-refractivity contribution in [3.63, 3.8) is 0 Å². The molecule has 1 unspecified atom stereocenters. The molecule has 5 atom stereocenters. The number of rotatable bonds is 1. The van der Waals surface area contributed by atoms with Crippen molar-refractivity contribution in [1.29, 1.82) is 0 Å². The van der Waals surface area contributed by atoms with Gasteiger partial charge in [-0.25, -0.2) is 0 Å². The summed E-state index contributed by atoms with van der Waals surface area (Å²) >= 11 is 0. The fourth-order valence-corrected chi connectivity index (χ4v) is 6.44. The molecule has 2 nitrogen and oxygen atoms in total. The van der Waals surface area contributed by atoms with Crippen molar-refractivity contribution in [3.8, 4) is 0 Å². The van der Waals surface area contributed by atoms with Gasteiger partial charge in [-0.15, -0.1) is 0 Å². The van der Waals surface area contributed by atoms with Crippen molar-refractivity contribution >= 4 is 0 Å². The largest absolute Gasteiger partial charge is 0.501 e. The van der Waals surface area contributed by atoms with E-state index < -0.39 is 0 Å². The van der Waals surface area contributed by atoms with E-state index in [4.69, 9.17) is 4.74 Å². The first-order chi connectivity index (χ1) is 10.8. The van der Waals surface area contributed by atoms with Gasteiger partial charge in [0.1, 0.15) is 0 Å². The topological polar surface area (TPSA) is 29.5 Å². The molecule has 1 N–H and O–H groups in total. The first-order valence-electron chi connectivity index (χ1n) is 9.15. The molecule has 0 aromatic rings. The highest BCUT2D eigenvalue weighted by Crippen LogP contribution is 2.69. The van der Waals surface area contributed by atoms with E-state index in [0.29, 0.717) is 5.92 Å². The number of allylic oxidation sites excluding steroid dienone is 5. The number of ether oxygens (including phenoxy) is 1. The molecular formula is C21H30O2. The molecule has 1 saturated carbocycles. The summed E-state index contributed by atoms with van der Waals surface area (Å²) in [5, 5.41) is 10.4. The Morgan fingerprint density at radius 3 is 2.70 bits per heavy atom. The predicted octanol–water partition coefficient (Wildman–Crippen LogP) is 4.76. The van der Waals surface area contributed by atoms with E-state index in [0.717, 1.165) is 31.4 Å². The van der Waals surface area contributed by atoms with Crippen LogP contribution >= 0.6 is 0 Å². The van der Waals surface area contributed by atoms with Gasteiger partial charge in [0.25, 0.3) is 0 Å². The van der Waals surface area contributed by atoms with Crippen LogP contribution in [0, 0.1) is 22.2 Å². The van der Waals surface area contributed by atoms with Gasteiger partial charge in [-0.1, -0.05) is 44.1 Å². The van der Waals surface area contributed by atoms with Crippen molar-refractivity contribution in [2.45, 2.75) is 65.4 Å². The maximum Gasteiger partial charge on any atom is 0.0959 e. The normalized spacial score (nSPS) is 48.5. The summed E-state index contributed by atoms with van der Waals surface area (Å²) in [5.74, 6) is 1.77. The summed E-state index contributed by atoms with van der Waals surface area (Å²) < 4.78 is 5.50. The van der Waals surface area contributed by atoms with Crippen molar-refractivity contribution in [2.24, 2.45) is 22.2 Å². The number of hydrogen-bond acceptors (Lipinski definition) is 2. The van der Waals surface area contributed by atoms with E-state index in [9.17, 15) is 5.11 Å². The van der Waals surface area contributed by atoms with Crippen LogP contribution in [-0.2, 0) is 4.74 Å². The molecule has 0 aliphatic heterocycles. The smallest absolute Gasteiger partial charge is 0.0959 e. The molecule has 2 heteroatoms. The number of fused-ring (bicyclic) bond motifs is 4. The number of methoxy groups -OCH3 is 1. The summed E-state index contributed by atoms with van der Waals surface area (Å²) in [7, 11) is 1.79. The molecule has 0 aromatic heterocycles. The molecule has 126 valence electrons. The monoisotopic (exact) mass is 314 g/mol. The maximum atomic E-state index is 10.4. The molecule has 4 aliphatic rings. The fourth-order valence-electron chi connectivity index (χ4n) is 6.44. The van der Waals surface area contributed by atoms with Crippen LogP contribution < -0.4 is 0 Å². The van der Waals surface area contributed by atoms with E-state index in [1.807, 2.05) is 0 Å². The second-order valence-corrected chi connectivity index (χ2v) is 8.94. The lowest BCUT2D eigenvalue weighted by Crippen LogP contribution is -2.50. The van der Waals surface area contributed by atoms with Gasteiger partial charge in [-0.3, -0.25) is 0 Å². The van der Waals surface area contributed by atoms with Crippen molar-refractivity contribution in [2.75, 3.05) is 7.11 Å². The molecule has 0 amide bonds. The molecule has 0 spiro atoms. The average molecular weight is 314 g/mol. The SMILES string of the molecule is COC1=CCC2=C(CC[C@@H]3[C@@]2(C)C=C[C@]2(C)CC(O)C[C@@]32C)C1. The minimum absolute atomic E-state index is 0.140. The van der Waals surface area contributed by atoms with Crippen LogP contribution in [0.1, 0.15) is 59.3 Å². The number of hydrogen-bond donors (Lipinski definition) is 1. The first-order valence-corrected chi connectivity index (χ1v) is 9.15. The summed E-state index contributed by atoms with van der Waals surface area (Å²) in [5.41, 5.74) is 3.76. The molecule has 0 saturated heterocycles. The second kappa shape index (κ2) is 4.75. The fraction of sp³-hybridized carbons (Fsp3) is 0.714. The lowest BCUT2D eigenvalue weighted by Gasteiger charge is -2.58. The lowest BCUT2D eigenvalue weighted by atomic mass is 9.45. The first kappa shape index (κ1) is 15.5. The third-order valence-corrected chi connectivity index (χ3v) is 7.91. The maximum absolute atomic E-state index is 10.4. The zero-order chi connectivity index (χ0) is 16.5. The van der Waals surface area contributed by atoms with Gasteiger partial charge >= 0.3 is 0 Å². The highest BCUT2D eigenvalue weighted by molar-refractivity contribution is 5.41. The summed E-state index contributed by atoms with van der Waals surface area (Å²) in [6, 6.07) is 0. The van der Waals surface area contributed by atoms with Crippen molar-refractivity contribution in [3.05, 3.63) is 35.1 Å². The van der Waals surface area contributed by atoms with Crippen molar-refractivity contribution < 1.29 is 9.84 Å². The standard InChI is InChI=1S/C21H30O2/c1-19-9-10-20(2)17-7-6-16(23-4)11-14(17)5-8-18(20)21(19,3)13-15(22)12-19/h6,9-10,15,18,22H,5,7-8,11-13H2,1-4H3/t15?,18-,19-,20+,21+/m1/s1. The quantitative estimate of drug-likeness (QED) is 0.707. The highest BCUT2D eigenvalue weighted by atomic mass is 16.5. The molecule has 4 aliphatic carbocycles. The minimum atomic E-state index is -0.140. The van der Waals surface area contributed by atoms with E-state index in [-0.39, 0.29) is 22.3 Å². The van der Waals surface area contributed by atoms with Crippen LogP contribution in [0.2, 0.25) is 0 Å². The van der Waals surface area contributed by atoms with Gasteiger partial charge in [0.15, 0.2) is 0 Å². The third kappa shape index (κ3) is 1.91. The predicted molar refractivity (Wildman–Crippen MR) is 92.8 cm³/mol. The Bertz CT molecular complexity index is 628. The Morgan fingerprint density at radius 1 is 1.17 bits per heavy atom.